The highest BCUT2D eigenvalue weighted by molar-refractivity contribution is 5.97. The zero-order chi connectivity index (χ0) is 21.4. The number of fused-ring (bicyclic) bond motifs is 1. The van der Waals surface area contributed by atoms with Crippen LogP contribution < -0.4 is 4.90 Å². The summed E-state index contributed by atoms with van der Waals surface area (Å²) in [6.07, 6.45) is 3.17. The minimum atomic E-state index is -0.637. The third kappa shape index (κ3) is 3.71. The van der Waals surface area contributed by atoms with Gasteiger partial charge in [-0.25, -0.2) is 9.18 Å². The number of hydrogen-bond acceptors (Lipinski definition) is 4. The number of pyridine rings is 1. The summed E-state index contributed by atoms with van der Waals surface area (Å²) in [7, 11) is 0. The second-order valence-corrected chi connectivity index (χ2v) is 8.18. The summed E-state index contributed by atoms with van der Waals surface area (Å²) in [4.78, 5) is 33.4. The quantitative estimate of drug-likeness (QED) is 0.618. The maximum Gasteiger partial charge on any atom is 0.415 e. The summed E-state index contributed by atoms with van der Waals surface area (Å²) < 4.78 is 19.0. The van der Waals surface area contributed by atoms with Gasteiger partial charge in [0.25, 0.3) is 5.91 Å². The molecule has 3 heterocycles. The lowest BCUT2D eigenvalue weighted by molar-refractivity contribution is 0.0438. The number of carbonyl (C=O) groups excluding carboxylic acids is 2. The van der Waals surface area contributed by atoms with Crippen molar-refractivity contribution in [3.05, 3.63) is 72.2 Å². The average molecular weight is 419 g/mol. The number of halogens is 1. The van der Waals surface area contributed by atoms with E-state index >= 15 is 0 Å². The van der Waals surface area contributed by atoms with E-state index in [-0.39, 0.29) is 11.7 Å². The smallest absolute Gasteiger partial charge is 0.415 e. The van der Waals surface area contributed by atoms with Gasteiger partial charge in [-0.15, -0.1) is 0 Å². The number of benzene rings is 2. The molecule has 2 aromatic carbocycles. The lowest BCUT2D eigenvalue weighted by Crippen LogP contribution is -2.37. The Morgan fingerprint density at radius 1 is 1.06 bits per heavy atom. The maximum absolute atomic E-state index is 13.2. The molecule has 6 nitrogen and oxygen atoms in total. The summed E-state index contributed by atoms with van der Waals surface area (Å²) >= 11 is 0. The van der Waals surface area contributed by atoms with Crippen LogP contribution in [0.5, 0.6) is 0 Å². The highest BCUT2D eigenvalue weighted by Gasteiger charge is 2.46. The van der Waals surface area contributed by atoms with Crippen LogP contribution in [0.15, 0.2) is 60.8 Å². The van der Waals surface area contributed by atoms with Gasteiger partial charge < -0.3 is 9.64 Å². The highest BCUT2D eigenvalue weighted by Crippen LogP contribution is 2.36. The first-order valence-corrected chi connectivity index (χ1v) is 10.4. The molecule has 0 bridgehead atoms. The SMILES string of the molecule is O=C(c1cnc2ccccc2c1)N1CCC[C@@]2(CC1)CN(c1ccc(F)cc1)C(=O)O2. The van der Waals surface area contributed by atoms with Crippen LogP contribution in [0.4, 0.5) is 14.9 Å². The van der Waals surface area contributed by atoms with Crippen LogP contribution in [-0.4, -0.2) is 47.1 Å². The number of amides is 2. The van der Waals surface area contributed by atoms with E-state index in [1.165, 1.54) is 12.1 Å². The van der Waals surface area contributed by atoms with E-state index in [1.54, 1.807) is 23.2 Å². The Kier molecular flexibility index (Phi) is 4.81. The fraction of sp³-hybridized carbons (Fsp3) is 0.292. The molecule has 3 aromatic rings. The van der Waals surface area contributed by atoms with Crippen molar-refractivity contribution in [1.82, 2.24) is 9.88 Å². The van der Waals surface area contributed by atoms with Gasteiger partial charge >= 0.3 is 6.09 Å². The number of anilines is 1. The number of hydrogen-bond donors (Lipinski definition) is 0. The monoisotopic (exact) mass is 419 g/mol. The summed E-state index contributed by atoms with van der Waals surface area (Å²) in [5, 5.41) is 0.930. The second kappa shape index (κ2) is 7.65. The molecule has 1 aromatic heterocycles. The number of likely N-dealkylation sites (tertiary alicyclic amines) is 1. The molecule has 0 N–H and O–H groups in total. The lowest BCUT2D eigenvalue weighted by Gasteiger charge is -2.25. The van der Waals surface area contributed by atoms with Crippen LogP contribution in [0.2, 0.25) is 0 Å². The van der Waals surface area contributed by atoms with Gasteiger partial charge in [0.1, 0.15) is 11.4 Å². The standard InChI is InChI=1S/C24H22FN3O3/c25-19-6-8-20(9-7-19)28-16-24(31-23(28)30)10-3-12-27(13-11-24)22(29)18-14-17-4-1-2-5-21(17)26-15-18/h1-2,4-9,14-15H,3,10-13,16H2/t24-/m1/s1. The van der Waals surface area contributed by atoms with Gasteiger partial charge in [0.2, 0.25) is 0 Å². The van der Waals surface area contributed by atoms with Gasteiger partial charge in [0.15, 0.2) is 0 Å². The Balaban J connectivity index is 1.31. The van der Waals surface area contributed by atoms with Crippen molar-refractivity contribution in [2.24, 2.45) is 0 Å². The summed E-state index contributed by atoms with van der Waals surface area (Å²) in [5.41, 5.74) is 1.39. The fourth-order valence-electron chi connectivity index (χ4n) is 4.44. The van der Waals surface area contributed by atoms with Crippen LogP contribution in [0.25, 0.3) is 10.9 Å². The number of rotatable bonds is 2. The Labute approximate surface area is 179 Å². The topological polar surface area (TPSA) is 62.7 Å². The van der Waals surface area contributed by atoms with Crippen molar-refractivity contribution in [2.75, 3.05) is 24.5 Å². The van der Waals surface area contributed by atoms with Gasteiger partial charge in [-0.2, -0.15) is 0 Å². The molecule has 2 fully saturated rings. The van der Waals surface area contributed by atoms with E-state index in [0.717, 1.165) is 17.3 Å². The number of para-hydroxylation sites is 1. The van der Waals surface area contributed by atoms with Gasteiger partial charge in [-0.3, -0.25) is 14.7 Å². The predicted octanol–water partition coefficient (Wildman–Crippen LogP) is 4.40. The molecule has 2 aliphatic heterocycles. The second-order valence-electron chi connectivity index (χ2n) is 8.18. The molecule has 2 aliphatic rings. The molecule has 2 saturated heterocycles. The van der Waals surface area contributed by atoms with Crippen LogP contribution in [-0.2, 0) is 4.74 Å². The largest absolute Gasteiger partial charge is 0.441 e. The molecule has 31 heavy (non-hydrogen) atoms. The highest BCUT2D eigenvalue weighted by atomic mass is 19.1. The van der Waals surface area contributed by atoms with Crippen molar-refractivity contribution >= 4 is 28.6 Å². The number of carbonyl (C=O) groups is 2. The molecule has 158 valence electrons. The van der Waals surface area contributed by atoms with Crippen molar-refractivity contribution < 1.29 is 18.7 Å². The number of aromatic nitrogens is 1. The number of nitrogens with zero attached hydrogens (tertiary/aromatic N) is 3. The van der Waals surface area contributed by atoms with E-state index in [4.69, 9.17) is 4.74 Å². The van der Waals surface area contributed by atoms with Gasteiger partial charge in [-0.1, -0.05) is 18.2 Å². The van der Waals surface area contributed by atoms with E-state index in [2.05, 4.69) is 4.98 Å². The Morgan fingerprint density at radius 3 is 2.71 bits per heavy atom. The van der Waals surface area contributed by atoms with Gasteiger partial charge in [-0.05, 0) is 49.2 Å². The van der Waals surface area contributed by atoms with Gasteiger partial charge in [0.05, 0.1) is 17.6 Å². The third-order valence-corrected chi connectivity index (χ3v) is 6.13. The fourth-order valence-corrected chi connectivity index (χ4v) is 4.44. The first-order valence-electron chi connectivity index (χ1n) is 10.4. The van der Waals surface area contributed by atoms with Crippen LogP contribution >= 0.6 is 0 Å². The molecular formula is C24H22FN3O3. The number of ether oxygens (including phenoxy) is 1. The maximum atomic E-state index is 13.2. The van der Waals surface area contributed by atoms with Crippen LogP contribution in [0.3, 0.4) is 0 Å². The van der Waals surface area contributed by atoms with Crippen LogP contribution in [0.1, 0.15) is 29.6 Å². The van der Waals surface area contributed by atoms with E-state index in [9.17, 15) is 14.0 Å². The van der Waals surface area contributed by atoms with Crippen LogP contribution in [0, 0.1) is 5.82 Å². The van der Waals surface area contributed by atoms with Crippen molar-refractivity contribution in [3.8, 4) is 0 Å². The first kappa shape index (κ1) is 19.5. The molecule has 0 saturated carbocycles. The molecule has 1 atom stereocenters. The molecule has 7 heteroatoms. The zero-order valence-electron chi connectivity index (χ0n) is 17.0. The average Bonchev–Trinajstić information content (AvgIpc) is 2.97. The minimum absolute atomic E-state index is 0.0602. The Morgan fingerprint density at radius 2 is 1.87 bits per heavy atom. The normalized spacial score (nSPS) is 21.4. The van der Waals surface area contributed by atoms with Crippen molar-refractivity contribution in [1.29, 1.82) is 0 Å². The first-order chi connectivity index (χ1) is 15.0. The predicted molar refractivity (Wildman–Crippen MR) is 114 cm³/mol. The Bertz CT molecular complexity index is 1150. The summed E-state index contributed by atoms with van der Waals surface area (Å²) in [5.74, 6) is -0.409. The lowest BCUT2D eigenvalue weighted by atomic mass is 9.95. The molecule has 0 aliphatic carbocycles. The molecule has 0 radical (unpaired) electrons. The molecule has 5 rings (SSSR count). The molecular weight excluding hydrogens is 397 g/mol. The van der Waals surface area contributed by atoms with E-state index in [1.807, 2.05) is 35.2 Å². The summed E-state index contributed by atoms with van der Waals surface area (Å²) in [6.45, 7) is 1.49. The molecule has 0 unspecified atom stereocenters. The van der Waals surface area contributed by atoms with Gasteiger partial charge in [0, 0.05) is 36.8 Å². The third-order valence-electron chi connectivity index (χ3n) is 6.13. The molecule has 1 spiro atoms. The minimum Gasteiger partial charge on any atom is -0.441 e. The summed E-state index contributed by atoms with van der Waals surface area (Å²) in [6, 6.07) is 15.4. The Hall–Kier alpha value is -3.48. The molecule has 2 amide bonds. The van der Waals surface area contributed by atoms with Crippen molar-refractivity contribution in [3.63, 3.8) is 0 Å². The zero-order valence-corrected chi connectivity index (χ0v) is 17.0. The van der Waals surface area contributed by atoms with E-state index in [0.29, 0.717) is 43.7 Å². The van der Waals surface area contributed by atoms with E-state index < -0.39 is 11.7 Å². The van der Waals surface area contributed by atoms with Crippen molar-refractivity contribution in [2.45, 2.75) is 24.9 Å².